The molecule has 22 fully saturated rings. The second-order valence-electron chi connectivity index (χ2n) is 60.8. The molecule has 2 saturated heterocycles. The van der Waals surface area contributed by atoms with Crippen LogP contribution < -0.4 is 0 Å². The minimum absolute atomic E-state index is 0.417. The standard InChI is InChI=1S/C124H209BN2/c1-120(2,3)94-54-50-78(51-55-94)91-72-111-117-112(73-91)127(119-103(81-42-30-20-31-43-81)66-90(77-36-24-17-25-37-77)67-104(119)82-44-32-21-33-45-82)110-57-53-84(100-69-93-63-96(122(7,8)9)59-86-47-49-88-61-98(124(13,14)15)75-106(100)116(88)114(86)93)71-108(110)125(117)107-70-83(99-68-92-62-95(121(4,5)6)58-85-46-48-87-60-97(123(10,11)12)74-105(99)115(87)113(85)92)52-56-109(107)126(111)118-101(79-38-26-18-27-39-79)64-89(76-34-22-16-23-35-76)65-102(118)80-40-28-19-29-41-80/h76-119H,16-75H2,1-15H3. The highest BCUT2D eigenvalue weighted by Gasteiger charge is 2.72. The van der Waals surface area contributed by atoms with Gasteiger partial charge in [0.2, 0.25) is 0 Å². The summed E-state index contributed by atoms with van der Waals surface area (Å²) in [6.45, 7) is 42.0. The molecule has 0 aromatic rings. The van der Waals surface area contributed by atoms with Gasteiger partial charge in [0, 0.05) is 36.3 Å². The van der Waals surface area contributed by atoms with Gasteiger partial charge in [0.15, 0.2) is 6.71 Å². The lowest BCUT2D eigenvalue weighted by Crippen LogP contribution is -2.77. The van der Waals surface area contributed by atoms with Gasteiger partial charge >= 0.3 is 0 Å². The summed E-state index contributed by atoms with van der Waals surface area (Å²) in [4.78, 5) is 8.25. The van der Waals surface area contributed by atoms with Crippen LogP contribution in [0, 0.1) is 234 Å². The molecule has 0 spiro atoms. The molecule has 0 amide bonds. The van der Waals surface area contributed by atoms with E-state index in [-0.39, 0.29) is 0 Å². The van der Waals surface area contributed by atoms with E-state index in [1.54, 1.807) is 360 Å². The van der Waals surface area contributed by atoms with Crippen molar-refractivity contribution >= 4 is 6.71 Å². The molecule has 22 aliphatic rings. The van der Waals surface area contributed by atoms with Gasteiger partial charge in [0.05, 0.1) is 0 Å². The van der Waals surface area contributed by atoms with Crippen molar-refractivity contribution in [2.75, 3.05) is 0 Å². The molecule has 30 atom stereocenters. The van der Waals surface area contributed by atoms with Gasteiger partial charge in [-0.1, -0.05) is 309 Å². The zero-order chi connectivity index (χ0) is 87.1. The number of hydrogen-bond acceptors (Lipinski definition) is 2. The van der Waals surface area contributed by atoms with Crippen molar-refractivity contribution in [1.29, 1.82) is 0 Å². The van der Waals surface area contributed by atoms with Crippen LogP contribution in [-0.2, 0) is 0 Å². The number of nitrogens with zero attached hydrogens (tertiary/aromatic N) is 2. The molecule has 0 aromatic carbocycles. The second-order valence-corrected chi connectivity index (χ2v) is 60.8. The Morgan fingerprint density at radius 1 is 0.165 bits per heavy atom. The molecular weight excluding hydrogens is 1530 g/mol. The Morgan fingerprint density at radius 3 is 0.732 bits per heavy atom. The van der Waals surface area contributed by atoms with Crippen LogP contribution in [0.25, 0.3) is 0 Å². The van der Waals surface area contributed by atoms with E-state index in [0.29, 0.717) is 27.1 Å². The van der Waals surface area contributed by atoms with Gasteiger partial charge < -0.3 is 0 Å². The fraction of sp³-hybridized carbons (Fsp3) is 1.00. The lowest BCUT2D eigenvalue weighted by molar-refractivity contribution is -0.161. The largest absolute Gasteiger partial charge is 0.295 e. The summed E-state index contributed by atoms with van der Waals surface area (Å²) in [5.74, 6) is 37.1. The zero-order valence-corrected chi connectivity index (χ0v) is 86.8. The SMILES string of the molecule is CC(C)(C)C1CCC(C2CC3C4B(C5CC(C6CC7CC(C(C)(C)C)CC8CCC9CC(C(C)(C)C)CC6C9C87)CCC5N3C3C(C5CCCCC5)CC(C5CCCCC5)CC3C3CCCCC3)C3CC(C5CC6CC(C(C)(C)C)CC7CCC8CC(C(C)(C)C)CC5C8C76)CCC3N(C3C(C5CCCCC5)CC(C5CCCCC5)CC3C3CCCCC3)C4C2)CC1. The van der Waals surface area contributed by atoms with Crippen LogP contribution in [0.3, 0.4) is 0 Å². The number of rotatable bonds is 11. The van der Waals surface area contributed by atoms with Gasteiger partial charge in [0.25, 0.3) is 0 Å². The third-order valence-corrected chi connectivity index (χ3v) is 50.8. The van der Waals surface area contributed by atoms with Crippen molar-refractivity contribution in [2.24, 2.45) is 234 Å². The summed E-state index contributed by atoms with van der Waals surface area (Å²) >= 11 is 0. The van der Waals surface area contributed by atoms with Crippen LogP contribution in [0.1, 0.15) is 489 Å². The minimum Gasteiger partial charge on any atom is -0.295 e. The van der Waals surface area contributed by atoms with Crippen LogP contribution in [0.4, 0.5) is 0 Å². The van der Waals surface area contributed by atoms with Gasteiger partial charge in [0.1, 0.15) is 0 Å². The van der Waals surface area contributed by atoms with E-state index in [2.05, 4.69) is 114 Å². The Kier molecular flexibility index (Phi) is 26.7. The van der Waals surface area contributed by atoms with Crippen LogP contribution in [0.15, 0.2) is 0 Å². The van der Waals surface area contributed by atoms with Gasteiger partial charge in [-0.15, -0.1) is 0 Å². The summed E-state index contributed by atoms with van der Waals surface area (Å²) in [6, 6.07) is 5.02. The highest BCUT2D eigenvalue weighted by molar-refractivity contribution is 6.65. The molecule has 718 valence electrons. The molecule has 127 heavy (non-hydrogen) atoms. The van der Waals surface area contributed by atoms with Crippen LogP contribution in [0.2, 0.25) is 17.5 Å². The molecule has 22 rings (SSSR count). The van der Waals surface area contributed by atoms with Gasteiger partial charge in [-0.2, -0.15) is 0 Å². The molecule has 20 saturated carbocycles. The molecule has 3 heteroatoms. The molecule has 2 aliphatic heterocycles. The van der Waals surface area contributed by atoms with Crippen molar-refractivity contribution in [3.05, 3.63) is 0 Å². The molecule has 0 N–H and O–H groups in total. The van der Waals surface area contributed by atoms with E-state index >= 15 is 0 Å². The fourth-order valence-electron chi connectivity index (χ4n) is 45.0. The van der Waals surface area contributed by atoms with E-state index < -0.39 is 0 Å². The normalized spacial score (nSPS) is 49.6. The Labute approximate surface area is 788 Å². The topological polar surface area (TPSA) is 6.48 Å². The average Bonchev–Trinajstić information content (AvgIpc) is 0.682. The maximum Gasteiger partial charge on any atom is 0.156 e. The third-order valence-electron chi connectivity index (χ3n) is 50.8. The molecule has 0 bridgehead atoms. The monoisotopic (exact) mass is 1740 g/mol. The fourth-order valence-corrected chi connectivity index (χ4v) is 45.0. The van der Waals surface area contributed by atoms with Crippen LogP contribution in [-0.4, -0.2) is 52.8 Å². The van der Waals surface area contributed by atoms with E-state index in [9.17, 15) is 0 Å². The number of fused-ring (bicyclic) bond motifs is 4. The maximum absolute atomic E-state index is 4.13. The maximum atomic E-state index is 4.13. The smallest absolute Gasteiger partial charge is 0.156 e. The van der Waals surface area contributed by atoms with Crippen molar-refractivity contribution in [3.63, 3.8) is 0 Å². The number of hydrogen-bond donors (Lipinski definition) is 0. The highest BCUT2D eigenvalue weighted by atomic mass is 15.3. The first kappa shape index (κ1) is 92.0. The Bertz CT molecular complexity index is 3290. The average molecular weight is 1740 g/mol. The van der Waals surface area contributed by atoms with Gasteiger partial charge in [-0.3, -0.25) is 9.80 Å². The molecule has 0 aromatic heterocycles. The molecule has 30 unspecified atom stereocenters. The van der Waals surface area contributed by atoms with Crippen molar-refractivity contribution in [1.82, 2.24) is 9.80 Å². The van der Waals surface area contributed by atoms with E-state index in [1.807, 2.05) is 0 Å². The van der Waals surface area contributed by atoms with Crippen LogP contribution in [0.5, 0.6) is 0 Å². The summed E-state index contributed by atoms with van der Waals surface area (Å²) in [7, 11) is 0. The zero-order valence-electron chi connectivity index (χ0n) is 86.8. The Balaban J connectivity index is 0.751. The van der Waals surface area contributed by atoms with Crippen LogP contribution >= 0.6 is 0 Å². The Hall–Kier alpha value is -0.0151. The molecule has 0 radical (unpaired) electrons. The van der Waals surface area contributed by atoms with Gasteiger partial charge in [-0.05, 0) is 431 Å². The summed E-state index contributed by atoms with van der Waals surface area (Å²) in [5.41, 5.74) is 2.13. The predicted molar refractivity (Wildman–Crippen MR) is 540 cm³/mol. The second kappa shape index (κ2) is 36.9. The first-order valence-corrected chi connectivity index (χ1v) is 60.7. The van der Waals surface area contributed by atoms with E-state index in [4.69, 9.17) is 0 Å². The Morgan fingerprint density at radius 2 is 0.417 bits per heavy atom. The molecular formula is C124H209BN2. The first-order chi connectivity index (χ1) is 61.1. The summed E-state index contributed by atoms with van der Waals surface area (Å²) in [5, 5.41) is 0. The highest BCUT2D eigenvalue weighted by Crippen LogP contribution is 2.75. The van der Waals surface area contributed by atoms with Gasteiger partial charge in [-0.25, -0.2) is 0 Å². The third kappa shape index (κ3) is 17.6. The minimum atomic E-state index is 0.417. The molecule has 2 heterocycles. The van der Waals surface area contributed by atoms with Crippen molar-refractivity contribution in [3.8, 4) is 0 Å². The van der Waals surface area contributed by atoms with E-state index in [1.165, 1.54) is 25.7 Å². The van der Waals surface area contributed by atoms with Crippen molar-refractivity contribution in [2.45, 2.75) is 543 Å². The molecule has 2 nitrogen and oxygen atoms in total. The molecule has 20 aliphatic carbocycles. The quantitative estimate of drug-likeness (QED) is 0.190. The predicted octanol–water partition coefficient (Wildman–Crippen LogP) is 34.9. The lowest BCUT2D eigenvalue weighted by Gasteiger charge is -2.73. The van der Waals surface area contributed by atoms with E-state index in [0.717, 1.165) is 268 Å². The first-order valence-electron chi connectivity index (χ1n) is 60.7. The van der Waals surface area contributed by atoms with Crippen molar-refractivity contribution < 1.29 is 0 Å². The lowest BCUT2D eigenvalue weighted by atomic mass is 9.17. The summed E-state index contributed by atoms with van der Waals surface area (Å²) < 4.78 is 0. The summed E-state index contributed by atoms with van der Waals surface area (Å²) in [6.07, 6.45) is 95.7.